The zero-order valence-electron chi connectivity index (χ0n) is 21.6. The number of anilines is 7. The normalized spacial score (nSPS) is 14.9. The van der Waals surface area contributed by atoms with E-state index < -0.39 is 0 Å². The van der Waals surface area contributed by atoms with Gasteiger partial charge in [0.15, 0.2) is 5.82 Å². The summed E-state index contributed by atoms with van der Waals surface area (Å²) in [5.74, 6) is 1.99. The molecule has 38 heavy (non-hydrogen) atoms. The van der Waals surface area contributed by atoms with Crippen LogP contribution in [0.4, 0.5) is 44.9 Å². The number of amides is 2. The number of nitrogens with one attached hydrogen (secondary N) is 3. The summed E-state index contributed by atoms with van der Waals surface area (Å²) in [6, 6.07) is 19.1. The molecule has 0 unspecified atom stereocenters. The van der Waals surface area contributed by atoms with Crippen molar-refractivity contribution in [3.8, 4) is 0 Å². The first-order valence-corrected chi connectivity index (χ1v) is 13.2. The summed E-state index contributed by atoms with van der Waals surface area (Å²) in [5, 5.41) is 11.2. The van der Waals surface area contributed by atoms with E-state index in [2.05, 4.69) is 41.0 Å². The second-order valence-electron chi connectivity index (χ2n) is 10.3. The lowest BCUT2D eigenvalue weighted by Gasteiger charge is -2.24. The summed E-state index contributed by atoms with van der Waals surface area (Å²) in [4.78, 5) is 21.6. The Kier molecular flexibility index (Phi) is 6.11. The van der Waals surface area contributed by atoms with Crippen molar-refractivity contribution in [2.24, 2.45) is 0 Å². The Morgan fingerprint density at radius 3 is 2.50 bits per heavy atom. The van der Waals surface area contributed by atoms with Crippen molar-refractivity contribution >= 4 is 46.1 Å². The molecule has 3 aliphatic rings. The number of nitrogens with zero attached hydrogens (tertiary/aromatic N) is 4. The highest BCUT2D eigenvalue weighted by molar-refractivity contribution is 6.07. The maximum Gasteiger partial charge on any atom is 0.332 e. The van der Waals surface area contributed by atoms with Crippen LogP contribution in [0.25, 0.3) is 0 Å². The predicted molar refractivity (Wildman–Crippen MR) is 153 cm³/mol. The second kappa shape index (κ2) is 9.74. The summed E-state index contributed by atoms with van der Waals surface area (Å²) in [7, 11) is 0. The van der Waals surface area contributed by atoms with Crippen molar-refractivity contribution in [2.75, 3.05) is 26.7 Å². The van der Waals surface area contributed by atoms with E-state index in [9.17, 15) is 4.79 Å². The van der Waals surface area contributed by atoms with Gasteiger partial charge in [-0.2, -0.15) is 4.79 Å². The molecule has 0 radical (unpaired) electrons. The zero-order valence-corrected chi connectivity index (χ0v) is 21.6. The highest BCUT2D eigenvalue weighted by Gasteiger charge is 2.25. The number of fused-ring (bicyclic) bond motifs is 2. The fourth-order valence-corrected chi connectivity index (χ4v) is 5.17. The van der Waals surface area contributed by atoms with E-state index in [1.165, 1.54) is 18.4 Å². The van der Waals surface area contributed by atoms with Gasteiger partial charge in [-0.25, -0.2) is 14.7 Å². The molecule has 2 aromatic carbocycles. The average Bonchev–Trinajstić information content (AvgIpc) is 3.57. The lowest BCUT2D eigenvalue weighted by molar-refractivity contribution is 0.259. The Hall–Kier alpha value is -4.53. The molecule has 5 N–H and O–H groups in total. The van der Waals surface area contributed by atoms with Crippen LogP contribution in [-0.4, -0.2) is 20.9 Å². The van der Waals surface area contributed by atoms with Gasteiger partial charge >= 0.3 is 6.03 Å². The zero-order chi connectivity index (χ0) is 26.2. The average molecular weight is 509 g/mol. The molecule has 2 aromatic heterocycles. The van der Waals surface area contributed by atoms with E-state index in [4.69, 9.17) is 10.8 Å². The van der Waals surface area contributed by atoms with Gasteiger partial charge < -0.3 is 16.4 Å². The van der Waals surface area contributed by atoms with E-state index in [0.29, 0.717) is 46.2 Å². The minimum absolute atomic E-state index is 0.327. The summed E-state index contributed by atoms with van der Waals surface area (Å²) in [5.41, 5.74) is 15.4. The number of hydrogen-bond acceptors (Lipinski definition) is 6. The van der Waals surface area contributed by atoms with E-state index in [1.807, 2.05) is 53.3 Å². The van der Waals surface area contributed by atoms with Crippen LogP contribution in [0, 0.1) is 0 Å². The van der Waals surface area contributed by atoms with Crippen LogP contribution in [0.5, 0.6) is 0 Å². The van der Waals surface area contributed by atoms with Crippen LogP contribution in [0.1, 0.15) is 62.6 Å². The molecule has 6 bridgehead atoms. The van der Waals surface area contributed by atoms with Gasteiger partial charge in [0.05, 0.1) is 34.6 Å². The first-order valence-electron chi connectivity index (χ1n) is 13.2. The number of carbonyl (C=O) groups excluding carboxylic acids is 1. The number of urea groups is 1. The largest absolute Gasteiger partial charge is 0.396 e. The fourth-order valence-electron chi connectivity index (χ4n) is 5.17. The van der Waals surface area contributed by atoms with Crippen LogP contribution in [-0.2, 0) is 0 Å². The molecule has 1 aliphatic carbocycles. The molecule has 9 nitrogen and oxygen atoms in total. The first-order chi connectivity index (χ1) is 18.4. The molecular formula is C29H32N8O. The smallest absolute Gasteiger partial charge is 0.332 e. The highest BCUT2D eigenvalue weighted by Crippen LogP contribution is 2.37. The number of pyridine rings is 1. The topological polar surface area (TPSA) is 113 Å². The van der Waals surface area contributed by atoms with E-state index in [1.54, 1.807) is 17.2 Å². The Balaban J connectivity index is 1.38. The Morgan fingerprint density at radius 2 is 1.79 bits per heavy atom. The monoisotopic (exact) mass is 508 g/mol. The van der Waals surface area contributed by atoms with Crippen LogP contribution in [0.15, 0.2) is 66.9 Å². The lowest BCUT2D eigenvalue weighted by Crippen LogP contribution is -2.31. The van der Waals surface area contributed by atoms with Gasteiger partial charge in [0, 0.05) is 23.7 Å². The van der Waals surface area contributed by atoms with Crippen LogP contribution in [0.2, 0.25) is 0 Å². The molecule has 9 heteroatoms. The first kappa shape index (κ1) is 23.8. The number of aromatic nitrogens is 3. The molecule has 4 aromatic rings. The number of rotatable bonds is 3. The van der Waals surface area contributed by atoms with Gasteiger partial charge in [-0.05, 0) is 60.7 Å². The number of hydrogen-bond donors (Lipinski definition) is 4. The molecule has 1 fully saturated rings. The molecule has 2 amide bonds. The molecule has 2 aliphatic heterocycles. The third kappa shape index (κ3) is 4.63. The highest BCUT2D eigenvalue weighted by atomic mass is 16.2. The summed E-state index contributed by atoms with van der Waals surface area (Å²) < 4.78 is 0. The van der Waals surface area contributed by atoms with Gasteiger partial charge in [-0.15, -0.1) is 5.10 Å². The number of nitrogen functional groups attached to an aromatic ring is 1. The number of carbonyl (C=O) groups is 1. The maximum atomic E-state index is 13.6. The van der Waals surface area contributed by atoms with E-state index in [-0.39, 0.29) is 6.03 Å². The molecule has 194 valence electrons. The van der Waals surface area contributed by atoms with E-state index >= 15 is 0 Å². The number of benzene rings is 2. The summed E-state index contributed by atoms with van der Waals surface area (Å²) >= 11 is 0. The second-order valence-corrected chi connectivity index (χ2v) is 10.3. The molecule has 1 saturated carbocycles. The van der Waals surface area contributed by atoms with Crippen molar-refractivity contribution in [3.63, 3.8) is 0 Å². The molecule has 4 heterocycles. The maximum absolute atomic E-state index is 13.6. The fraction of sp³-hybridized carbons (Fsp3) is 0.276. The Morgan fingerprint density at radius 1 is 1.05 bits per heavy atom. The molecular weight excluding hydrogens is 476 g/mol. The van der Waals surface area contributed by atoms with E-state index in [0.717, 1.165) is 24.2 Å². The van der Waals surface area contributed by atoms with Gasteiger partial charge in [0.1, 0.15) is 5.82 Å². The van der Waals surface area contributed by atoms with Crippen molar-refractivity contribution in [1.29, 1.82) is 0 Å². The Labute approximate surface area is 222 Å². The van der Waals surface area contributed by atoms with Crippen molar-refractivity contribution < 1.29 is 4.79 Å². The Bertz CT molecular complexity index is 1450. The van der Waals surface area contributed by atoms with Gasteiger partial charge in [-0.1, -0.05) is 38.8 Å². The number of nitrogens with two attached hydrogens (primary N) is 1. The van der Waals surface area contributed by atoms with Gasteiger partial charge in [0.2, 0.25) is 0 Å². The van der Waals surface area contributed by atoms with Crippen LogP contribution >= 0.6 is 0 Å². The SMILES string of the molecule is CC(C)c1ccc(NC(=O)N2c3ccc(cc3)Nn3nc(cc3C3CCCC3)Nc3cc2ncc3N)cc1. The molecule has 0 saturated heterocycles. The third-order valence-corrected chi connectivity index (χ3v) is 7.31. The van der Waals surface area contributed by atoms with Crippen molar-refractivity contribution in [1.82, 2.24) is 14.9 Å². The summed E-state index contributed by atoms with van der Waals surface area (Å²) in [6.45, 7) is 4.28. The standard InChI is InChI=1S/C29H32N8O/c1-18(2)19-7-9-21(10-8-19)32-29(38)36-23-13-11-22(12-14-23)34-37-26(20-5-3-4-6-20)16-27(35-37)33-25-15-28(36)31-17-24(25)30/h7-18,20,34H,3-6,30H2,1-2H3,(H,32,38)(H,33,35). The third-order valence-electron chi connectivity index (χ3n) is 7.31. The van der Waals surface area contributed by atoms with Crippen LogP contribution < -0.4 is 26.7 Å². The van der Waals surface area contributed by atoms with Gasteiger partial charge in [0.25, 0.3) is 0 Å². The lowest BCUT2D eigenvalue weighted by atomic mass is 10.0. The predicted octanol–water partition coefficient (Wildman–Crippen LogP) is 6.94. The molecule has 0 atom stereocenters. The minimum atomic E-state index is -0.327. The van der Waals surface area contributed by atoms with Crippen molar-refractivity contribution in [3.05, 3.63) is 78.1 Å². The van der Waals surface area contributed by atoms with Crippen molar-refractivity contribution in [2.45, 2.75) is 51.4 Å². The molecule has 7 rings (SSSR count). The van der Waals surface area contributed by atoms with Crippen LogP contribution in [0.3, 0.4) is 0 Å². The molecule has 0 spiro atoms. The minimum Gasteiger partial charge on any atom is -0.396 e. The summed E-state index contributed by atoms with van der Waals surface area (Å²) in [6.07, 6.45) is 6.33. The quantitative estimate of drug-likeness (QED) is 0.238. The van der Waals surface area contributed by atoms with Gasteiger partial charge in [-0.3, -0.25) is 5.43 Å².